The van der Waals surface area contributed by atoms with Crippen molar-refractivity contribution < 1.29 is 19.0 Å². The minimum atomic E-state index is -1.02. The largest absolute Gasteiger partial charge is 0.486 e. The number of hydrogen-bond acceptors (Lipinski definition) is 6. The Morgan fingerprint density at radius 1 is 1.07 bits per heavy atom. The Hall–Kier alpha value is -4.42. The molecule has 0 saturated heterocycles. The fraction of sp³-hybridized carbons (Fsp3) is 0.294. The molecular weight excluding hydrogens is 563 g/mol. The summed E-state index contributed by atoms with van der Waals surface area (Å²) in [6.07, 6.45) is 1.97. The van der Waals surface area contributed by atoms with Gasteiger partial charge in [-0.1, -0.05) is 39.0 Å². The molecule has 0 bridgehead atoms. The number of ether oxygens (including phenoxy) is 1. The van der Waals surface area contributed by atoms with Crippen LogP contribution in [0.15, 0.2) is 71.8 Å². The van der Waals surface area contributed by atoms with Gasteiger partial charge in [0.2, 0.25) is 0 Å². The maximum absolute atomic E-state index is 13.6. The van der Waals surface area contributed by atoms with Crippen LogP contribution in [0, 0.1) is 22.6 Å². The number of pyridine rings is 2. The molecule has 0 radical (unpaired) electrons. The molecule has 0 aliphatic carbocycles. The Labute approximate surface area is 254 Å². The van der Waals surface area contributed by atoms with Crippen molar-refractivity contribution in [2.24, 2.45) is 5.41 Å². The Morgan fingerprint density at radius 2 is 1.81 bits per heavy atom. The number of aromatic nitrogens is 3. The maximum Gasteiger partial charge on any atom is 0.309 e. The number of halogens is 1. The second-order valence-corrected chi connectivity index (χ2v) is 14.1. The van der Waals surface area contributed by atoms with Gasteiger partial charge in [-0.25, -0.2) is 14.4 Å². The van der Waals surface area contributed by atoms with Crippen molar-refractivity contribution in [2.45, 2.75) is 63.8 Å². The van der Waals surface area contributed by atoms with Crippen LogP contribution in [0.2, 0.25) is 0 Å². The molecule has 0 aliphatic rings. The molecule has 0 spiro atoms. The van der Waals surface area contributed by atoms with Gasteiger partial charge in [-0.2, -0.15) is 5.26 Å². The molecule has 0 amide bonds. The van der Waals surface area contributed by atoms with Crippen LogP contribution in [0.3, 0.4) is 0 Å². The smallest absolute Gasteiger partial charge is 0.309 e. The summed E-state index contributed by atoms with van der Waals surface area (Å²) in [5.74, 6) is -0.625. The number of carboxylic acids is 1. The molecule has 1 N–H and O–H groups in total. The van der Waals surface area contributed by atoms with E-state index in [0.717, 1.165) is 32.6 Å². The molecule has 220 valence electrons. The Bertz CT molecular complexity index is 1870. The Kier molecular flexibility index (Phi) is 8.17. The van der Waals surface area contributed by atoms with E-state index in [2.05, 4.69) is 36.4 Å². The molecule has 3 heterocycles. The van der Waals surface area contributed by atoms with E-state index in [4.69, 9.17) is 9.72 Å². The summed E-state index contributed by atoms with van der Waals surface area (Å²) in [5.41, 5.74) is 3.53. The van der Waals surface area contributed by atoms with E-state index in [1.54, 1.807) is 50.0 Å². The molecule has 5 aromatic rings. The van der Waals surface area contributed by atoms with Crippen molar-refractivity contribution in [3.8, 4) is 11.8 Å². The summed E-state index contributed by atoms with van der Waals surface area (Å²) in [7, 11) is 0. The van der Waals surface area contributed by atoms with Gasteiger partial charge >= 0.3 is 5.97 Å². The van der Waals surface area contributed by atoms with Gasteiger partial charge < -0.3 is 14.4 Å². The molecule has 0 fully saturated rings. The number of rotatable bonds is 9. The average Bonchev–Trinajstić information content (AvgIpc) is 3.21. The van der Waals surface area contributed by atoms with E-state index < -0.39 is 11.4 Å². The fourth-order valence-corrected chi connectivity index (χ4v) is 5.98. The van der Waals surface area contributed by atoms with Crippen LogP contribution in [-0.4, -0.2) is 30.4 Å². The molecular formula is C34H33FN4O3S. The lowest BCUT2D eigenvalue weighted by Crippen LogP contribution is -2.28. The zero-order valence-corrected chi connectivity index (χ0v) is 25.6. The normalized spacial score (nSPS) is 12.0. The monoisotopic (exact) mass is 596 g/mol. The third kappa shape index (κ3) is 6.81. The summed E-state index contributed by atoms with van der Waals surface area (Å²) in [5, 5.41) is 20.9. The van der Waals surface area contributed by atoms with E-state index in [-0.39, 0.29) is 17.2 Å². The summed E-state index contributed by atoms with van der Waals surface area (Å²) in [6.45, 7) is 10.5. The summed E-state index contributed by atoms with van der Waals surface area (Å²) < 4.78 is 21.6. The summed E-state index contributed by atoms with van der Waals surface area (Å²) in [4.78, 5) is 22.6. The minimum Gasteiger partial charge on any atom is -0.486 e. The van der Waals surface area contributed by atoms with E-state index in [9.17, 15) is 19.6 Å². The van der Waals surface area contributed by atoms with Gasteiger partial charge in [0.05, 0.1) is 34.5 Å². The van der Waals surface area contributed by atoms with Crippen molar-refractivity contribution in [3.63, 3.8) is 0 Å². The number of nitrogens with zero attached hydrogens (tertiary/aromatic N) is 4. The number of benzene rings is 2. The number of nitriles is 1. The molecule has 0 saturated carbocycles. The van der Waals surface area contributed by atoms with Gasteiger partial charge in [-0.3, -0.25) is 4.79 Å². The quantitative estimate of drug-likeness (QED) is 0.174. The molecule has 5 rings (SSSR count). The highest BCUT2D eigenvalue weighted by atomic mass is 32.2. The molecule has 0 aliphatic heterocycles. The van der Waals surface area contributed by atoms with E-state index in [1.807, 2.05) is 30.3 Å². The van der Waals surface area contributed by atoms with E-state index in [1.165, 1.54) is 12.1 Å². The number of carbonyl (C=O) groups is 1. The van der Waals surface area contributed by atoms with E-state index in [0.29, 0.717) is 35.5 Å². The first-order valence-corrected chi connectivity index (χ1v) is 14.8. The van der Waals surface area contributed by atoms with Gasteiger partial charge in [-0.15, -0.1) is 11.8 Å². The highest BCUT2D eigenvalue weighted by Gasteiger charge is 2.33. The Balaban J connectivity index is 1.57. The molecule has 9 heteroatoms. The molecule has 3 aromatic heterocycles. The lowest BCUT2D eigenvalue weighted by atomic mass is 9.88. The van der Waals surface area contributed by atoms with Gasteiger partial charge in [0.25, 0.3) is 0 Å². The fourth-order valence-electron chi connectivity index (χ4n) is 4.81. The first-order valence-electron chi connectivity index (χ1n) is 13.9. The van der Waals surface area contributed by atoms with Gasteiger partial charge in [0.1, 0.15) is 23.8 Å². The van der Waals surface area contributed by atoms with Crippen LogP contribution in [0.4, 0.5) is 4.39 Å². The lowest BCUT2D eigenvalue weighted by Gasteiger charge is -2.24. The van der Waals surface area contributed by atoms with Crippen LogP contribution in [0.5, 0.6) is 5.75 Å². The molecule has 0 unspecified atom stereocenters. The van der Waals surface area contributed by atoms with Crippen molar-refractivity contribution in [1.82, 2.24) is 14.5 Å². The number of thioether (sulfide) groups is 1. The Morgan fingerprint density at radius 3 is 2.49 bits per heavy atom. The highest BCUT2D eigenvalue weighted by Crippen LogP contribution is 2.43. The maximum atomic E-state index is 13.6. The SMILES string of the molecule is CC(C)(C)Sc1c(CC(C)(C)C(=O)O)n(Cc2ccc(C#N)cc2)c2ncc(OCc3ccc4cc(F)ccc4n3)cc12. The second-order valence-electron chi connectivity index (χ2n) is 12.2. The summed E-state index contributed by atoms with van der Waals surface area (Å²) >= 11 is 1.68. The van der Waals surface area contributed by atoms with Crippen LogP contribution < -0.4 is 4.74 Å². The van der Waals surface area contributed by atoms with Crippen molar-refractivity contribution in [3.05, 3.63) is 95.2 Å². The topological polar surface area (TPSA) is 101 Å². The standard InChI is InChI=1S/C34H33FN4O3S/c1-33(2,3)43-30-27-15-26(42-20-25-12-10-23-14-24(35)11-13-28(23)38-25)18-37-31(27)39(29(30)16-34(4,5)32(40)41)19-22-8-6-21(17-36)7-9-22/h6-15,18H,16,19-20H2,1-5H3,(H,40,41). The molecule has 7 nitrogen and oxygen atoms in total. The number of fused-ring (bicyclic) bond motifs is 2. The average molecular weight is 597 g/mol. The van der Waals surface area contributed by atoms with Gasteiger partial charge in [0, 0.05) is 39.1 Å². The predicted octanol–water partition coefficient (Wildman–Crippen LogP) is 7.77. The van der Waals surface area contributed by atoms with Gasteiger partial charge in [0.15, 0.2) is 0 Å². The lowest BCUT2D eigenvalue weighted by molar-refractivity contribution is -0.146. The number of aliphatic carboxylic acids is 1. The third-order valence-electron chi connectivity index (χ3n) is 7.05. The van der Waals surface area contributed by atoms with Crippen LogP contribution in [0.25, 0.3) is 21.9 Å². The van der Waals surface area contributed by atoms with Crippen molar-refractivity contribution in [2.75, 3.05) is 0 Å². The first-order chi connectivity index (χ1) is 20.3. The van der Waals surface area contributed by atoms with Crippen molar-refractivity contribution >= 4 is 39.7 Å². The molecule has 0 atom stereocenters. The zero-order valence-electron chi connectivity index (χ0n) is 24.8. The number of carboxylic acid groups (broad SMARTS) is 1. The van der Waals surface area contributed by atoms with Gasteiger partial charge in [-0.05, 0) is 61.9 Å². The third-order valence-corrected chi connectivity index (χ3v) is 8.32. The number of hydrogen-bond donors (Lipinski definition) is 1. The predicted molar refractivity (Wildman–Crippen MR) is 167 cm³/mol. The first kappa shape index (κ1) is 30.1. The minimum absolute atomic E-state index is 0.166. The van der Waals surface area contributed by atoms with Crippen LogP contribution in [0.1, 0.15) is 57.1 Å². The summed E-state index contributed by atoms with van der Waals surface area (Å²) in [6, 6.07) is 19.6. The highest BCUT2D eigenvalue weighted by molar-refractivity contribution is 8.00. The van der Waals surface area contributed by atoms with Crippen LogP contribution in [-0.2, 0) is 24.4 Å². The second kappa shape index (κ2) is 11.7. The van der Waals surface area contributed by atoms with Crippen LogP contribution >= 0.6 is 11.8 Å². The molecule has 43 heavy (non-hydrogen) atoms. The molecule has 2 aromatic carbocycles. The zero-order chi connectivity index (χ0) is 30.9. The van der Waals surface area contributed by atoms with E-state index >= 15 is 0 Å². The van der Waals surface area contributed by atoms with Crippen molar-refractivity contribution in [1.29, 1.82) is 5.26 Å².